The molecule has 0 unspecified atom stereocenters. The Morgan fingerprint density at radius 1 is 1.50 bits per heavy atom. The van der Waals surface area contributed by atoms with Gasteiger partial charge in [-0.3, -0.25) is 4.79 Å². The summed E-state index contributed by atoms with van der Waals surface area (Å²) in [6, 6.07) is -0.338. The van der Waals surface area contributed by atoms with E-state index in [1.807, 2.05) is 0 Å². The molecule has 4 heteroatoms. The van der Waals surface area contributed by atoms with Gasteiger partial charge in [-0.1, -0.05) is 12.8 Å². The molecule has 12 heavy (non-hydrogen) atoms. The zero-order valence-electron chi connectivity index (χ0n) is 6.86. The van der Waals surface area contributed by atoms with Gasteiger partial charge in [0.25, 0.3) is 0 Å². The molecule has 0 aromatic heterocycles. The van der Waals surface area contributed by atoms with Crippen LogP contribution in [-0.2, 0) is 4.79 Å². The van der Waals surface area contributed by atoms with Crippen molar-refractivity contribution in [2.45, 2.75) is 31.7 Å². The summed E-state index contributed by atoms with van der Waals surface area (Å²) in [4.78, 5) is 10.9. The van der Waals surface area contributed by atoms with E-state index in [9.17, 15) is 4.79 Å². The number of rotatable bonds is 1. The third kappa shape index (κ3) is 1.13. The van der Waals surface area contributed by atoms with Crippen LogP contribution in [0.3, 0.4) is 0 Å². The Balaban J connectivity index is 2.17. The van der Waals surface area contributed by atoms with Crippen LogP contribution in [0.5, 0.6) is 0 Å². The highest BCUT2D eigenvalue weighted by Gasteiger charge is 2.55. The molecule has 68 valence electrons. The van der Waals surface area contributed by atoms with Crippen molar-refractivity contribution < 1.29 is 9.90 Å². The van der Waals surface area contributed by atoms with Crippen LogP contribution in [0.15, 0.2) is 0 Å². The molecule has 1 aliphatic carbocycles. The van der Waals surface area contributed by atoms with E-state index in [0.29, 0.717) is 0 Å². The summed E-state index contributed by atoms with van der Waals surface area (Å²) in [7, 11) is 0. The van der Waals surface area contributed by atoms with Gasteiger partial charge in [0.1, 0.15) is 6.04 Å². The van der Waals surface area contributed by atoms with Gasteiger partial charge in [0, 0.05) is 6.54 Å². The molecule has 1 saturated carbocycles. The highest BCUT2D eigenvalue weighted by atomic mass is 32.1. The van der Waals surface area contributed by atoms with Gasteiger partial charge in [0.2, 0.25) is 0 Å². The van der Waals surface area contributed by atoms with Crippen LogP contribution in [0.2, 0.25) is 0 Å². The van der Waals surface area contributed by atoms with E-state index < -0.39 is 5.97 Å². The van der Waals surface area contributed by atoms with Crippen molar-refractivity contribution in [3.05, 3.63) is 0 Å². The van der Waals surface area contributed by atoms with Crippen molar-refractivity contribution in [3.8, 4) is 0 Å². The lowest BCUT2D eigenvalue weighted by Crippen LogP contribution is -2.46. The van der Waals surface area contributed by atoms with Gasteiger partial charge in [-0.2, -0.15) is 0 Å². The van der Waals surface area contributed by atoms with Crippen LogP contribution in [0.25, 0.3) is 0 Å². The Labute approximate surface area is 77.3 Å². The highest BCUT2D eigenvalue weighted by Crippen LogP contribution is 2.56. The quantitative estimate of drug-likeness (QED) is 0.605. The number of aliphatic carboxylic acids is 1. The lowest BCUT2D eigenvalue weighted by atomic mass is 9.87. The van der Waals surface area contributed by atoms with E-state index in [1.54, 1.807) is 4.31 Å². The van der Waals surface area contributed by atoms with Crippen LogP contribution in [0.4, 0.5) is 0 Å². The average molecular weight is 187 g/mol. The minimum Gasteiger partial charge on any atom is -0.480 e. The summed E-state index contributed by atoms with van der Waals surface area (Å²) in [6.07, 6.45) is 4.30. The van der Waals surface area contributed by atoms with Crippen molar-refractivity contribution in [2.75, 3.05) is 6.54 Å². The molecule has 1 heterocycles. The first-order chi connectivity index (χ1) is 5.66. The minimum absolute atomic E-state index is 0.0891. The summed E-state index contributed by atoms with van der Waals surface area (Å²) in [5.74, 6) is -0.706. The maximum Gasteiger partial charge on any atom is 0.322 e. The Kier molecular flexibility index (Phi) is 1.84. The number of piperidine rings is 1. The number of hydrogen-bond acceptors (Lipinski definition) is 3. The highest BCUT2D eigenvalue weighted by molar-refractivity contribution is 7.77. The molecule has 1 aliphatic heterocycles. The fourth-order valence-electron chi connectivity index (χ4n) is 2.25. The lowest BCUT2D eigenvalue weighted by molar-refractivity contribution is -0.144. The molecule has 0 bridgehead atoms. The van der Waals surface area contributed by atoms with Gasteiger partial charge >= 0.3 is 5.97 Å². The van der Waals surface area contributed by atoms with Crippen LogP contribution in [0.1, 0.15) is 25.7 Å². The Morgan fingerprint density at radius 3 is 2.58 bits per heavy atom. The maximum absolute atomic E-state index is 10.9. The van der Waals surface area contributed by atoms with E-state index in [1.165, 1.54) is 0 Å². The van der Waals surface area contributed by atoms with Gasteiger partial charge in [-0.25, -0.2) is 4.31 Å². The Morgan fingerprint density at radius 2 is 2.17 bits per heavy atom. The SMILES string of the molecule is O=C(O)[C@H]1N(S)CCCC12CC2. The first-order valence-electron chi connectivity index (χ1n) is 4.34. The smallest absolute Gasteiger partial charge is 0.322 e. The molecule has 0 aromatic rings. The van der Waals surface area contributed by atoms with Crippen molar-refractivity contribution >= 4 is 18.8 Å². The standard InChI is InChI=1S/C8H13NO2S/c10-7(11)6-8(3-4-8)2-1-5-9(6)12/h6,12H,1-5H2,(H,10,11)/t6-/m1/s1. The van der Waals surface area contributed by atoms with Crippen molar-refractivity contribution in [3.63, 3.8) is 0 Å². The molecule has 1 N–H and O–H groups in total. The van der Waals surface area contributed by atoms with Crippen molar-refractivity contribution in [1.29, 1.82) is 0 Å². The van der Waals surface area contributed by atoms with Crippen LogP contribution >= 0.6 is 12.8 Å². The zero-order valence-corrected chi connectivity index (χ0v) is 7.76. The molecule has 2 rings (SSSR count). The van der Waals surface area contributed by atoms with Crippen LogP contribution in [0, 0.1) is 5.41 Å². The van der Waals surface area contributed by atoms with E-state index in [2.05, 4.69) is 12.8 Å². The molecule has 0 amide bonds. The van der Waals surface area contributed by atoms with Crippen LogP contribution in [-0.4, -0.2) is 28.0 Å². The molecule has 0 aromatic carbocycles. The number of carbonyl (C=O) groups is 1. The molecular weight excluding hydrogens is 174 g/mol. The predicted octanol–water partition coefficient (Wildman–Crippen LogP) is 1.16. The second-order valence-electron chi connectivity index (χ2n) is 3.87. The lowest BCUT2D eigenvalue weighted by Gasteiger charge is -2.35. The fraction of sp³-hybridized carbons (Fsp3) is 0.875. The summed E-state index contributed by atoms with van der Waals surface area (Å²) in [5.41, 5.74) is 0.0891. The van der Waals surface area contributed by atoms with E-state index in [-0.39, 0.29) is 11.5 Å². The number of nitrogens with zero attached hydrogens (tertiary/aromatic N) is 1. The molecule has 1 saturated heterocycles. The first kappa shape index (κ1) is 8.38. The summed E-state index contributed by atoms with van der Waals surface area (Å²) < 4.78 is 1.69. The molecule has 2 fully saturated rings. The molecule has 2 aliphatic rings. The largest absolute Gasteiger partial charge is 0.480 e. The second-order valence-corrected chi connectivity index (χ2v) is 4.38. The van der Waals surface area contributed by atoms with Crippen molar-refractivity contribution in [1.82, 2.24) is 4.31 Å². The monoisotopic (exact) mass is 187 g/mol. The molecule has 0 radical (unpaired) electrons. The van der Waals surface area contributed by atoms with Gasteiger partial charge in [-0.05, 0) is 31.1 Å². The zero-order chi connectivity index (χ0) is 8.77. The Hall–Kier alpha value is -0.220. The minimum atomic E-state index is -0.706. The molecule has 1 spiro atoms. The van der Waals surface area contributed by atoms with Crippen LogP contribution < -0.4 is 0 Å². The van der Waals surface area contributed by atoms with E-state index in [4.69, 9.17) is 5.11 Å². The summed E-state index contributed by atoms with van der Waals surface area (Å²) >= 11 is 4.20. The third-order valence-electron chi connectivity index (χ3n) is 3.07. The number of carboxylic acids is 1. The second kappa shape index (κ2) is 2.64. The first-order valence-corrected chi connectivity index (χ1v) is 4.74. The third-order valence-corrected chi connectivity index (χ3v) is 3.50. The molecular formula is C8H13NO2S. The maximum atomic E-state index is 10.9. The normalized spacial score (nSPS) is 33.6. The van der Waals surface area contributed by atoms with Crippen molar-refractivity contribution in [2.24, 2.45) is 5.41 Å². The summed E-state index contributed by atoms with van der Waals surface area (Å²) in [5, 5.41) is 8.99. The molecule has 3 nitrogen and oxygen atoms in total. The Bertz CT molecular complexity index is 215. The average Bonchev–Trinajstić information content (AvgIpc) is 2.68. The number of carboxylic acid groups (broad SMARTS) is 1. The van der Waals surface area contributed by atoms with Gasteiger partial charge < -0.3 is 5.11 Å². The van der Waals surface area contributed by atoms with Gasteiger partial charge in [0.05, 0.1) is 0 Å². The number of thiol groups is 1. The number of hydrogen-bond donors (Lipinski definition) is 2. The topological polar surface area (TPSA) is 40.5 Å². The van der Waals surface area contributed by atoms with E-state index >= 15 is 0 Å². The van der Waals surface area contributed by atoms with Gasteiger partial charge in [0.15, 0.2) is 0 Å². The predicted molar refractivity (Wildman–Crippen MR) is 48.0 cm³/mol. The van der Waals surface area contributed by atoms with Gasteiger partial charge in [-0.15, -0.1) is 0 Å². The van der Waals surface area contributed by atoms with E-state index in [0.717, 1.165) is 32.2 Å². The fourth-order valence-corrected chi connectivity index (χ4v) is 2.73. The molecule has 1 atom stereocenters. The summed E-state index contributed by atoms with van der Waals surface area (Å²) in [6.45, 7) is 0.807.